The van der Waals surface area contributed by atoms with Crippen molar-refractivity contribution in [3.05, 3.63) is 64.7 Å². The Balaban J connectivity index is 2.01. The van der Waals surface area contributed by atoms with E-state index < -0.39 is 0 Å². The van der Waals surface area contributed by atoms with Crippen molar-refractivity contribution >= 4 is 40.7 Å². The highest BCUT2D eigenvalue weighted by Gasteiger charge is 2.04. The van der Waals surface area contributed by atoms with Crippen LogP contribution in [0.3, 0.4) is 0 Å². The highest BCUT2D eigenvalue weighted by Crippen LogP contribution is 2.26. The van der Waals surface area contributed by atoms with Gasteiger partial charge in [0.05, 0.1) is 5.88 Å². The fraction of sp³-hybridized carbons (Fsp3) is 0.133. The Hall–Kier alpha value is -0.960. The maximum atomic E-state index is 11.4. The van der Waals surface area contributed by atoms with E-state index in [0.717, 1.165) is 21.2 Å². The molecule has 0 N–H and O–H groups in total. The van der Waals surface area contributed by atoms with Crippen LogP contribution < -0.4 is 0 Å². The summed E-state index contributed by atoms with van der Waals surface area (Å²) in [6.07, 6.45) is 0. The Morgan fingerprint density at radius 2 is 1.74 bits per heavy atom. The van der Waals surface area contributed by atoms with E-state index in [4.69, 9.17) is 23.2 Å². The minimum Gasteiger partial charge on any atom is -0.293 e. The Labute approximate surface area is 126 Å². The zero-order chi connectivity index (χ0) is 13.7. The molecule has 2 rings (SSSR count). The molecule has 0 unspecified atom stereocenters. The number of benzene rings is 2. The first-order valence-corrected chi connectivity index (χ1v) is 7.66. The van der Waals surface area contributed by atoms with Crippen molar-refractivity contribution < 1.29 is 4.79 Å². The first-order valence-electron chi connectivity index (χ1n) is 5.76. The number of ketones is 1. The summed E-state index contributed by atoms with van der Waals surface area (Å²) < 4.78 is 0. The lowest BCUT2D eigenvalue weighted by atomic mass is 10.1. The number of carbonyl (C=O) groups excluding carboxylic acids is 1. The Morgan fingerprint density at radius 1 is 1.05 bits per heavy atom. The summed E-state index contributed by atoms with van der Waals surface area (Å²) in [4.78, 5) is 12.5. The van der Waals surface area contributed by atoms with Gasteiger partial charge >= 0.3 is 0 Å². The first kappa shape index (κ1) is 14.4. The maximum absolute atomic E-state index is 11.4. The molecule has 0 bridgehead atoms. The van der Waals surface area contributed by atoms with Crippen molar-refractivity contribution in [1.82, 2.24) is 0 Å². The van der Waals surface area contributed by atoms with E-state index in [1.807, 2.05) is 36.4 Å². The molecular weight excluding hydrogens is 299 g/mol. The molecular formula is C15H12Cl2OS. The highest BCUT2D eigenvalue weighted by atomic mass is 35.5. The standard InChI is InChI=1S/C15H12Cl2OS/c16-9-15(18)11-5-7-13(8-6-11)19-10-12-3-1-2-4-14(12)17/h1-8H,9-10H2. The number of alkyl halides is 1. The summed E-state index contributed by atoms with van der Waals surface area (Å²) in [5, 5.41) is 0.781. The summed E-state index contributed by atoms with van der Waals surface area (Å²) in [6, 6.07) is 15.3. The fourth-order valence-corrected chi connectivity index (χ4v) is 2.93. The SMILES string of the molecule is O=C(CCl)c1ccc(SCc2ccccc2Cl)cc1. The van der Waals surface area contributed by atoms with Gasteiger partial charge in [-0.15, -0.1) is 23.4 Å². The first-order chi connectivity index (χ1) is 9.20. The van der Waals surface area contributed by atoms with Gasteiger partial charge in [-0.2, -0.15) is 0 Å². The zero-order valence-electron chi connectivity index (χ0n) is 10.1. The molecule has 0 spiro atoms. The van der Waals surface area contributed by atoms with E-state index in [1.54, 1.807) is 23.9 Å². The van der Waals surface area contributed by atoms with Crippen LogP contribution in [0, 0.1) is 0 Å². The molecule has 0 saturated carbocycles. The van der Waals surface area contributed by atoms with E-state index in [-0.39, 0.29) is 11.7 Å². The van der Waals surface area contributed by atoms with Gasteiger partial charge in [-0.3, -0.25) is 4.79 Å². The molecule has 0 aliphatic carbocycles. The minimum absolute atomic E-state index is 0.0200. The van der Waals surface area contributed by atoms with Gasteiger partial charge in [0.1, 0.15) is 0 Å². The fourth-order valence-electron chi connectivity index (χ4n) is 1.59. The molecule has 0 aliphatic heterocycles. The van der Waals surface area contributed by atoms with Crippen molar-refractivity contribution in [2.24, 2.45) is 0 Å². The normalized spacial score (nSPS) is 10.4. The molecule has 0 aromatic heterocycles. The average Bonchev–Trinajstić information content (AvgIpc) is 2.46. The molecule has 0 saturated heterocycles. The summed E-state index contributed by atoms with van der Waals surface area (Å²) >= 11 is 13.3. The molecule has 98 valence electrons. The van der Waals surface area contributed by atoms with Crippen LogP contribution in [0.2, 0.25) is 5.02 Å². The second-order valence-electron chi connectivity index (χ2n) is 3.96. The van der Waals surface area contributed by atoms with Crippen molar-refractivity contribution in [1.29, 1.82) is 0 Å². The number of rotatable bonds is 5. The topological polar surface area (TPSA) is 17.1 Å². The van der Waals surface area contributed by atoms with E-state index in [0.29, 0.717) is 5.56 Å². The number of Topliss-reactive ketones (excluding diaryl/α,β-unsaturated/α-hetero) is 1. The maximum Gasteiger partial charge on any atom is 0.177 e. The molecule has 0 fully saturated rings. The third-order valence-electron chi connectivity index (χ3n) is 2.65. The largest absolute Gasteiger partial charge is 0.293 e. The number of thioether (sulfide) groups is 1. The lowest BCUT2D eigenvalue weighted by Gasteiger charge is -2.05. The van der Waals surface area contributed by atoms with Crippen molar-refractivity contribution in [3.8, 4) is 0 Å². The second-order valence-corrected chi connectivity index (χ2v) is 5.68. The van der Waals surface area contributed by atoms with Gasteiger partial charge in [0, 0.05) is 21.2 Å². The number of halogens is 2. The summed E-state index contributed by atoms with van der Waals surface area (Å²) in [5.41, 5.74) is 1.76. The Kier molecular flexibility index (Phi) is 5.32. The molecule has 4 heteroatoms. The Bertz CT molecular complexity index is 567. The monoisotopic (exact) mass is 310 g/mol. The van der Waals surface area contributed by atoms with Crippen molar-refractivity contribution in [2.45, 2.75) is 10.6 Å². The third-order valence-corrected chi connectivity index (χ3v) is 4.32. The smallest absolute Gasteiger partial charge is 0.177 e. The molecule has 0 heterocycles. The summed E-state index contributed by atoms with van der Waals surface area (Å²) in [5.74, 6) is 0.776. The lowest BCUT2D eigenvalue weighted by Crippen LogP contribution is -1.99. The molecule has 2 aromatic carbocycles. The zero-order valence-corrected chi connectivity index (χ0v) is 12.4. The third kappa shape index (κ3) is 4.00. The molecule has 0 atom stereocenters. The predicted molar refractivity (Wildman–Crippen MR) is 82.5 cm³/mol. The number of hydrogen-bond acceptors (Lipinski definition) is 2. The van der Waals surface area contributed by atoms with Gasteiger partial charge in [0.25, 0.3) is 0 Å². The molecule has 1 nitrogen and oxygen atoms in total. The average molecular weight is 311 g/mol. The van der Waals surface area contributed by atoms with Gasteiger partial charge in [0.15, 0.2) is 5.78 Å². The van der Waals surface area contributed by atoms with Crippen LogP contribution >= 0.6 is 35.0 Å². The van der Waals surface area contributed by atoms with E-state index >= 15 is 0 Å². The summed E-state index contributed by atoms with van der Waals surface area (Å²) in [7, 11) is 0. The Morgan fingerprint density at radius 3 is 2.37 bits per heavy atom. The highest BCUT2D eigenvalue weighted by molar-refractivity contribution is 7.98. The van der Waals surface area contributed by atoms with Gasteiger partial charge in [0.2, 0.25) is 0 Å². The molecule has 0 amide bonds. The molecule has 2 aromatic rings. The number of hydrogen-bond donors (Lipinski definition) is 0. The minimum atomic E-state index is -0.0516. The van der Waals surface area contributed by atoms with Gasteiger partial charge in [-0.25, -0.2) is 0 Å². The quantitative estimate of drug-likeness (QED) is 0.436. The number of carbonyl (C=O) groups is 1. The van der Waals surface area contributed by atoms with Crippen LogP contribution in [0.25, 0.3) is 0 Å². The van der Waals surface area contributed by atoms with Gasteiger partial charge in [-0.05, 0) is 23.8 Å². The van der Waals surface area contributed by atoms with E-state index in [2.05, 4.69) is 0 Å². The molecule has 19 heavy (non-hydrogen) atoms. The predicted octanol–water partition coefficient (Wildman–Crippen LogP) is 5.05. The van der Waals surface area contributed by atoms with Crippen LogP contribution in [0.4, 0.5) is 0 Å². The van der Waals surface area contributed by atoms with E-state index in [1.165, 1.54) is 0 Å². The van der Waals surface area contributed by atoms with Gasteiger partial charge in [-0.1, -0.05) is 41.9 Å². The molecule has 0 aliphatic rings. The van der Waals surface area contributed by atoms with Crippen LogP contribution in [-0.2, 0) is 5.75 Å². The second kappa shape index (κ2) is 6.99. The summed E-state index contributed by atoms with van der Waals surface area (Å²) in [6.45, 7) is 0. The van der Waals surface area contributed by atoms with Crippen molar-refractivity contribution in [2.75, 3.05) is 5.88 Å². The van der Waals surface area contributed by atoms with Crippen LogP contribution in [0.1, 0.15) is 15.9 Å². The molecule has 0 radical (unpaired) electrons. The van der Waals surface area contributed by atoms with Crippen LogP contribution in [-0.4, -0.2) is 11.7 Å². The van der Waals surface area contributed by atoms with E-state index in [9.17, 15) is 4.79 Å². The van der Waals surface area contributed by atoms with Crippen LogP contribution in [0.5, 0.6) is 0 Å². The lowest BCUT2D eigenvalue weighted by molar-refractivity contribution is 0.102. The van der Waals surface area contributed by atoms with Crippen LogP contribution in [0.15, 0.2) is 53.4 Å². The van der Waals surface area contributed by atoms with Crippen molar-refractivity contribution in [3.63, 3.8) is 0 Å². The van der Waals surface area contributed by atoms with Gasteiger partial charge < -0.3 is 0 Å².